The lowest BCUT2D eigenvalue weighted by Crippen LogP contribution is -2.27. The van der Waals surface area contributed by atoms with E-state index in [1.54, 1.807) is 42.5 Å². The second kappa shape index (κ2) is 10.6. The monoisotopic (exact) mass is 495 g/mol. The number of fused-ring (bicyclic) bond motifs is 1. The first-order valence-corrected chi connectivity index (χ1v) is 12.1. The van der Waals surface area contributed by atoms with Crippen LogP contribution >= 0.6 is 11.8 Å². The molecule has 2 aliphatic heterocycles. The minimum absolute atomic E-state index is 0.0168. The molecular formula is C24H25N5O5S. The van der Waals surface area contributed by atoms with Crippen LogP contribution in [0.5, 0.6) is 5.75 Å². The van der Waals surface area contributed by atoms with Crippen molar-refractivity contribution in [3.63, 3.8) is 0 Å². The van der Waals surface area contributed by atoms with E-state index >= 15 is 0 Å². The highest BCUT2D eigenvalue weighted by Gasteiger charge is 2.32. The number of benzene rings is 2. The van der Waals surface area contributed by atoms with E-state index in [2.05, 4.69) is 20.9 Å². The van der Waals surface area contributed by atoms with Gasteiger partial charge in [-0.25, -0.2) is 0 Å². The molecule has 4 amide bonds. The van der Waals surface area contributed by atoms with Crippen LogP contribution in [-0.2, 0) is 14.4 Å². The van der Waals surface area contributed by atoms with E-state index in [1.165, 1.54) is 11.8 Å². The zero-order valence-electron chi connectivity index (χ0n) is 19.3. The van der Waals surface area contributed by atoms with Crippen molar-refractivity contribution in [2.45, 2.75) is 25.5 Å². The zero-order valence-corrected chi connectivity index (χ0v) is 20.1. The lowest BCUT2D eigenvalue weighted by atomic mass is 10.1. The zero-order chi connectivity index (χ0) is 24.9. The molecule has 35 heavy (non-hydrogen) atoms. The Morgan fingerprint density at radius 3 is 2.66 bits per heavy atom. The normalized spacial score (nSPS) is 16.5. The Morgan fingerprint density at radius 1 is 1.11 bits per heavy atom. The van der Waals surface area contributed by atoms with Gasteiger partial charge < -0.3 is 25.6 Å². The molecule has 3 N–H and O–H groups in total. The molecule has 0 bridgehead atoms. The number of anilines is 3. The molecule has 0 radical (unpaired) electrons. The molecular weight excluding hydrogens is 470 g/mol. The fourth-order valence-electron chi connectivity index (χ4n) is 3.62. The summed E-state index contributed by atoms with van der Waals surface area (Å²) >= 11 is 1.30. The van der Waals surface area contributed by atoms with E-state index in [0.29, 0.717) is 33.5 Å². The first kappa shape index (κ1) is 24.3. The Morgan fingerprint density at radius 2 is 1.89 bits per heavy atom. The Hall–Kier alpha value is -3.86. The standard InChI is InChI=1S/C24H25N5O5S/c1-3-29(4-2)24-28-23(33)19(35-24)12-20(30)25-15-7-5-6-14(10-15)22(32)26-16-8-9-18-17(11-16)27-21(31)13-34-18/h5-11,19H,3-4,12-13H2,1-2H3,(H,25,30)(H,26,32)(H,27,31)/t19-/m0/s1. The SMILES string of the molecule is CCN(CC)C1=NC(=O)[C@H](CC(=O)Nc2cccc(C(=O)Nc3ccc4c(c3)NC(=O)CO4)c2)S1. The molecule has 0 spiro atoms. The molecule has 4 rings (SSSR count). The summed E-state index contributed by atoms with van der Waals surface area (Å²) in [6, 6.07) is 11.4. The van der Waals surface area contributed by atoms with Gasteiger partial charge in [-0.05, 0) is 50.2 Å². The first-order valence-electron chi connectivity index (χ1n) is 11.2. The van der Waals surface area contributed by atoms with Gasteiger partial charge in [-0.3, -0.25) is 19.2 Å². The number of carbonyl (C=O) groups excluding carboxylic acids is 4. The van der Waals surface area contributed by atoms with Crippen molar-refractivity contribution < 1.29 is 23.9 Å². The smallest absolute Gasteiger partial charge is 0.262 e. The third-order valence-corrected chi connectivity index (χ3v) is 6.63. The predicted molar refractivity (Wildman–Crippen MR) is 135 cm³/mol. The summed E-state index contributed by atoms with van der Waals surface area (Å²) in [7, 11) is 0. The molecule has 0 aromatic heterocycles. The third-order valence-electron chi connectivity index (χ3n) is 5.41. The van der Waals surface area contributed by atoms with Gasteiger partial charge in [-0.2, -0.15) is 4.99 Å². The van der Waals surface area contributed by atoms with Crippen LogP contribution in [0.15, 0.2) is 47.5 Å². The number of ether oxygens (including phenoxy) is 1. The van der Waals surface area contributed by atoms with Gasteiger partial charge in [-0.15, -0.1) is 0 Å². The largest absolute Gasteiger partial charge is 0.482 e. The number of carbonyl (C=O) groups is 4. The molecule has 10 nitrogen and oxygen atoms in total. The van der Waals surface area contributed by atoms with Crippen molar-refractivity contribution >= 4 is 57.6 Å². The summed E-state index contributed by atoms with van der Waals surface area (Å²) in [5, 5.41) is 8.29. The lowest BCUT2D eigenvalue weighted by Gasteiger charge is -2.19. The van der Waals surface area contributed by atoms with Crippen molar-refractivity contribution in [2.75, 3.05) is 35.6 Å². The minimum atomic E-state index is -0.564. The molecule has 0 unspecified atom stereocenters. The molecule has 2 heterocycles. The highest BCUT2D eigenvalue weighted by Crippen LogP contribution is 2.31. The van der Waals surface area contributed by atoms with Gasteiger partial charge in [0.1, 0.15) is 11.0 Å². The second-order valence-electron chi connectivity index (χ2n) is 7.85. The van der Waals surface area contributed by atoms with Gasteiger partial charge in [0.25, 0.3) is 17.7 Å². The van der Waals surface area contributed by atoms with Gasteiger partial charge in [0.15, 0.2) is 11.8 Å². The van der Waals surface area contributed by atoms with E-state index in [0.717, 1.165) is 13.1 Å². The van der Waals surface area contributed by atoms with Crippen molar-refractivity contribution in [3.05, 3.63) is 48.0 Å². The summed E-state index contributed by atoms with van der Waals surface area (Å²) in [5.41, 5.74) is 1.73. The second-order valence-corrected chi connectivity index (χ2v) is 9.02. The lowest BCUT2D eigenvalue weighted by molar-refractivity contribution is -0.121. The average Bonchev–Trinajstić information content (AvgIpc) is 3.19. The van der Waals surface area contributed by atoms with Crippen molar-refractivity contribution in [3.8, 4) is 5.75 Å². The molecule has 11 heteroatoms. The number of aliphatic imine (C=N–C) groups is 1. The summed E-state index contributed by atoms with van der Waals surface area (Å²) in [4.78, 5) is 55.1. The summed E-state index contributed by atoms with van der Waals surface area (Å²) < 4.78 is 5.32. The van der Waals surface area contributed by atoms with Crippen LogP contribution in [0.3, 0.4) is 0 Å². The molecule has 0 saturated heterocycles. The van der Waals surface area contributed by atoms with Crippen LogP contribution in [0.4, 0.5) is 17.1 Å². The number of hydrogen-bond donors (Lipinski definition) is 3. The van der Waals surface area contributed by atoms with Crippen LogP contribution in [0.2, 0.25) is 0 Å². The highest BCUT2D eigenvalue weighted by molar-refractivity contribution is 8.15. The molecule has 182 valence electrons. The maximum absolute atomic E-state index is 12.8. The van der Waals surface area contributed by atoms with Gasteiger partial charge in [0, 0.05) is 36.4 Å². The van der Waals surface area contributed by atoms with Crippen LogP contribution in [-0.4, -0.2) is 58.6 Å². The van der Waals surface area contributed by atoms with Crippen LogP contribution in [0, 0.1) is 0 Å². The Kier molecular flexibility index (Phi) is 7.35. The molecule has 0 saturated carbocycles. The molecule has 2 aliphatic rings. The van der Waals surface area contributed by atoms with E-state index in [-0.39, 0.29) is 36.7 Å². The number of amidine groups is 1. The molecule has 2 aromatic carbocycles. The Labute approximate surface area is 206 Å². The van der Waals surface area contributed by atoms with E-state index in [4.69, 9.17) is 4.74 Å². The first-order chi connectivity index (χ1) is 16.9. The average molecular weight is 496 g/mol. The number of nitrogens with zero attached hydrogens (tertiary/aromatic N) is 2. The highest BCUT2D eigenvalue weighted by atomic mass is 32.2. The fourth-order valence-corrected chi connectivity index (χ4v) is 4.81. The molecule has 0 aliphatic carbocycles. The predicted octanol–water partition coefficient (Wildman–Crippen LogP) is 2.94. The van der Waals surface area contributed by atoms with Gasteiger partial charge >= 0.3 is 0 Å². The van der Waals surface area contributed by atoms with E-state index < -0.39 is 5.25 Å². The number of hydrogen-bond acceptors (Lipinski definition) is 7. The van der Waals surface area contributed by atoms with Gasteiger partial charge in [0.05, 0.1) is 5.69 Å². The van der Waals surface area contributed by atoms with Crippen molar-refractivity contribution in [2.24, 2.45) is 4.99 Å². The summed E-state index contributed by atoms with van der Waals surface area (Å²) in [6.45, 7) is 5.39. The number of amides is 4. The third kappa shape index (κ3) is 5.80. The molecule has 2 aromatic rings. The number of thioether (sulfide) groups is 1. The Bertz CT molecular complexity index is 1210. The van der Waals surface area contributed by atoms with Crippen molar-refractivity contribution in [1.29, 1.82) is 0 Å². The molecule has 1 atom stereocenters. The van der Waals surface area contributed by atoms with E-state index in [9.17, 15) is 19.2 Å². The van der Waals surface area contributed by atoms with Crippen LogP contribution in [0.1, 0.15) is 30.6 Å². The van der Waals surface area contributed by atoms with Crippen molar-refractivity contribution in [1.82, 2.24) is 4.90 Å². The fraction of sp³-hybridized carbons (Fsp3) is 0.292. The Balaban J connectivity index is 1.35. The number of nitrogens with one attached hydrogen (secondary N) is 3. The van der Waals surface area contributed by atoms with Gasteiger partial charge in [0.2, 0.25) is 5.91 Å². The van der Waals surface area contributed by atoms with Crippen LogP contribution in [0.25, 0.3) is 0 Å². The summed E-state index contributed by atoms with van der Waals surface area (Å²) in [6.07, 6.45) is -0.0168. The maximum Gasteiger partial charge on any atom is 0.262 e. The van der Waals surface area contributed by atoms with E-state index in [1.807, 2.05) is 18.7 Å². The topological polar surface area (TPSA) is 129 Å². The minimum Gasteiger partial charge on any atom is -0.482 e. The summed E-state index contributed by atoms with van der Waals surface area (Å²) in [5.74, 6) is -0.775. The maximum atomic E-state index is 12.8. The molecule has 0 fully saturated rings. The number of rotatable bonds is 7. The quantitative estimate of drug-likeness (QED) is 0.539. The van der Waals surface area contributed by atoms with Crippen LogP contribution < -0.4 is 20.7 Å². The van der Waals surface area contributed by atoms with Gasteiger partial charge in [-0.1, -0.05) is 17.8 Å².